The molecule has 0 radical (unpaired) electrons. The molecule has 1 aliphatic heterocycles. The minimum Gasteiger partial charge on any atom is -0.478 e. The quantitative estimate of drug-likeness (QED) is 0.781. The predicted octanol–water partition coefficient (Wildman–Crippen LogP) is 1.09. The second-order valence-corrected chi connectivity index (χ2v) is 7.62. The normalized spacial score (nSPS) is 16.1. The van der Waals surface area contributed by atoms with Crippen molar-refractivity contribution in [2.24, 2.45) is 0 Å². The van der Waals surface area contributed by atoms with Crippen LogP contribution in [0, 0.1) is 0 Å². The predicted molar refractivity (Wildman–Crippen MR) is 96.1 cm³/mol. The Hall–Kier alpha value is -2.78. The maximum atomic E-state index is 12.8. The van der Waals surface area contributed by atoms with Gasteiger partial charge in [0.25, 0.3) is 0 Å². The molecule has 1 fully saturated rings. The number of carbonyl (C=O) groups is 1. The van der Waals surface area contributed by atoms with Crippen molar-refractivity contribution in [3.8, 4) is 0 Å². The van der Waals surface area contributed by atoms with E-state index in [-0.39, 0.29) is 4.90 Å². The summed E-state index contributed by atoms with van der Waals surface area (Å²) in [6.07, 6.45) is 5.74. The van der Waals surface area contributed by atoms with E-state index in [9.17, 15) is 13.2 Å². The number of sulfonamides is 1. The van der Waals surface area contributed by atoms with E-state index >= 15 is 0 Å². The first-order valence-corrected chi connectivity index (χ1v) is 9.44. The highest BCUT2D eigenvalue weighted by Crippen LogP contribution is 2.20. The maximum absolute atomic E-state index is 12.8. The van der Waals surface area contributed by atoms with Crippen LogP contribution in [0.2, 0.25) is 0 Å². The minimum atomic E-state index is -3.59. The third-order valence-electron chi connectivity index (χ3n) is 4.01. The fourth-order valence-corrected chi connectivity index (χ4v) is 4.07. The van der Waals surface area contributed by atoms with Gasteiger partial charge >= 0.3 is 5.97 Å². The first kappa shape index (κ1) is 18.0. The van der Waals surface area contributed by atoms with E-state index in [0.29, 0.717) is 37.7 Å². The third-order valence-corrected chi connectivity index (χ3v) is 5.92. The van der Waals surface area contributed by atoms with Gasteiger partial charge in [-0.1, -0.05) is 12.1 Å². The van der Waals surface area contributed by atoms with E-state index in [1.807, 2.05) is 4.90 Å². The summed E-state index contributed by atoms with van der Waals surface area (Å²) >= 11 is 0. The number of hydrogen-bond acceptors (Lipinski definition) is 6. The van der Waals surface area contributed by atoms with Crippen molar-refractivity contribution in [1.82, 2.24) is 14.3 Å². The van der Waals surface area contributed by atoms with E-state index in [1.54, 1.807) is 30.6 Å². The Bertz CT molecular complexity index is 890. The van der Waals surface area contributed by atoms with E-state index in [4.69, 9.17) is 5.11 Å². The molecule has 0 amide bonds. The molecule has 26 heavy (non-hydrogen) atoms. The summed E-state index contributed by atoms with van der Waals surface area (Å²) < 4.78 is 27.0. The van der Waals surface area contributed by atoms with Crippen molar-refractivity contribution in [2.45, 2.75) is 4.90 Å². The van der Waals surface area contributed by atoms with E-state index in [0.717, 1.165) is 6.08 Å². The van der Waals surface area contributed by atoms with Gasteiger partial charge in [-0.2, -0.15) is 4.31 Å². The van der Waals surface area contributed by atoms with Gasteiger partial charge in [-0.25, -0.2) is 23.2 Å². The van der Waals surface area contributed by atoms with Gasteiger partial charge in [0.15, 0.2) is 0 Å². The highest BCUT2D eigenvalue weighted by Gasteiger charge is 2.29. The summed E-state index contributed by atoms with van der Waals surface area (Å²) in [4.78, 5) is 21.0. The Balaban J connectivity index is 1.68. The summed E-state index contributed by atoms with van der Waals surface area (Å²) in [7, 11) is -3.59. The Kier molecular flexibility index (Phi) is 5.29. The molecule has 0 aliphatic carbocycles. The number of aliphatic carboxylic acids is 1. The molecule has 1 aromatic heterocycles. The number of piperazine rings is 1. The van der Waals surface area contributed by atoms with Crippen LogP contribution in [0.1, 0.15) is 5.56 Å². The number of anilines is 1. The number of benzene rings is 1. The fraction of sp³-hybridized carbons (Fsp3) is 0.235. The van der Waals surface area contributed by atoms with Gasteiger partial charge in [0, 0.05) is 44.6 Å². The van der Waals surface area contributed by atoms with Crippen LogP contribution < -0.4 is 4.90 Å². The number of carboxylic acids is 1. The summed E-state index contributed by atoms with van der Waals surface area (Å²) in [6, 6.07) is 7.88. The van der Waals surface area contributed by atoms with Crippen molar-refractivity contribution in [3.63, 3.8) is 0 Å². The minimum absolute atomic E-state index is 0.189. The molecule has 1 N–H and O–H groups in total. The lowest BCUT2D eigenvalue weighted by atomic mass is 10.2. The van der Waals surface area contributed by atoms with Crippen LogP contribution in [0.3, 0.4) is 0 Å². The largest absolute Gasteiger partial charge is 0.478 e. The van der Waals surface area contributed by atoms with Crippen molar-refractivity contribution in [3.05, 3.63) is 54.4 Å². The fourth-order valence-electron chi connectivity index (χ4n) is 2.65. The summed E-state index contributed by atoms with van der Waals surface area (Å²) in [5.41, 5.74) is 0.623. The molecular weight excluding hydrogens is 356 g/mol. The Morgan fingerprint density at radius 2 is 1.65 bits per heavy atom. The van der Waals surface area contributed by atoms with Gasteiger partial charge < -0.3 is 10.0 Å². The third kappa shape index (κ3) is 4.06. The zero-order valence-corrected chi connectivity index (χ0v) is 14.7. The van der Waals surface area contributed by atoms with Gasteiger partial charge in [-0.3, -0.25) is 0 Å². The van der Waals surface area contributed by atoms with Crippen LogP contribution >= 0.6 is 0 Å². The number of hydrogen-bond donors (Lipinski definition) is 1. The van der Waals surface area contributed by atoms with Gasteiger partial charge in [0.05, 0.1) is 4.90 Å². The summed E-state index contributed by atoms with van der Waals surface area (Å²) in [6.45, 7) is 1.73. The standard InChI is InChI=1S/C17H18N4O4S/c22-16(23)7-4-14-2-5-15(6-3-14)26(24,25)21-12-10-20(11-13-21)17-18-8-1-9-19-17/h1-9H,10-13H2,(H,22,23). The first-order chi connectivity index (χ1) is 12.5. The maximum Gasteiger partial charge on any atom is 0.328 e. The highest BCUT2D eigenvalue weighted by atomic mass is 32.2. The molecule has 9 heteroatoms. The van der Waals surface area contributed by atoms with Crippen molar-refractivity contribution in [2.75, 3.05) is 31.1 Å². The number of carboxylic acid groups (broad SMARTS) is 1. The Morgan fingerprint density at radius 3 is 2.23 bits per heavy atom. The highest BCUT2D eigenvalue weighted by molar-refractivity contribution is 7.89. The number of aromatic nitrogens is 2. The monoisotopic (exact) mass is 374 g/mol. The lowest BCUT2D eigenvalue weighted by Gasteiger charge is -2.33. The Labute approximate surface area is 151 Å². The zero-order chi connectivity index (χ0) is 18.6. The summed E-state index contributed by atoms with van der Waals surface area (Å²) in [5, 5.41) is 8.63. The van der Waals surface area contributed by atoms with Crippen molar-refractivity contribution in [1.29, 1.82) is 0 Å². The molecule has 3 rings (SSSR count). The molecule has 0 saturated carbocycles. The van der Waals surface area contributed by atoms with Crippen LogP contribution in [0.25, 0.3) is 6.08 Å². The van der Waals surface area contributed by atoms with Crippen LogP contribution in [0.4, 0.5) is 5.95 Å². The molecule has 2 heterocycles. The first-order valence-electron chi connectivity index (χ1n) is 8.00. The van der Waals surface area contributed by atoms with Crippen LogP contribution in [0.5, 0.6) is 0 Å². The molecule has 0 atom stereocenters. The molecule has 1 saturated heterocycles. The smallest absolute Gasteiger partial charge is 0.328 e. The molecule has 0 spiro atoms. The molecule has 1 aliphatic rings. The van der Waals surface area contributed by atoms with Crippen molar-refractivity contribution >= 4 is 28.0 Å². The number of rotatable bonds is 5. The average Bonchev–Trinajstić information content (AvgIpc) is 2.67. The second kappa shape index (κ2) is 7.63. The SMILES string of the molecule is O=C(O)C=Cc1ccc(S(=O)(=O)N2CCN(c3ncccn3)CC2)cc1. The van der Waals surface area contributed by atoms with Crippen LogP contribution in [-0.2, 0) is 14.8 Å². The average molecular weight is 374 g/mol. The van der Waals surface area contributed by atoms with Crippen LogP contribution in [0.15, 0.2) is 53.7 Å². The molecule has 1 aromatic carbocycles. The van der Waals surface area contributed by atoms with Gasteiger partial charge in [0.1, 0.15) is 0 Å². The lowest BCUT2D eigenvalue weighted by Crippen LogP contribution is -2.49. The topological polar surface area (TPSA) is 104 Å². The van der Waals surface area contributed by atoms with Gasteiger partial charge in [0.2, 0.25) is 16.0 Å². The van der Waals surface area contributed by atoms with Gasteiger partial charge in [-0.05, 0) is 29.8 Å². The van der Waals surface area contributed by atoms with Crippen LogP contribution in [-0.4, -0.2) is 59.9 Å². The molecule has 136 valence electrons. The van der Waals surface area contributed by atoms with E-state index < -0.39 is 16.0 Å². The number of nitrogens with zero attached hydrogens (tertiary/aromatic N) is 4. The van der Waals surface area contributed by atoms with Gasteiger partial charge in [-0.15, -0.1) is 0 Å². The molecule has 8 nitrogen and oxygen atoms in total. The lowest BCUT2D eigenvalue weighted by molar-refractivity contribution is -0.131. The Morgan fingerprint density at radius 1 is 1.04 bits per heavy atom. The molecular formula is C17H18N4O4S. The molecule has 0 bridgehead atoms. The zero-order valence-electron chi connectivity index (χ0n) is 13.9. The van der Waals surface area contributed by atoms with E-state index in [1.165, 1.54) is 22.5 Å². The molecule has 2 aromatic rings. The molecule has 0 unspecified atom stereocenters. The second-order valence-electron chi connectivity index (χ2n) is 5.68. The van der Waals surface area contributed by atoms with E-state index in [2.05, 4.69) is 9.97 Å². The summed E-state index contributed by atoms with van der Waals surface area (Å²) in [5.74, 6) is -0.457. The van der Waals surface area contributed by atoms with Crippen molar-refractivity contribution < 1.29 is 18.3 Å².